The number of hydrogen-bond donors (Lipinski definition) is 0. The molecule has 0 radical (unpaired) electrons. The average molecular weight is 174 g/mol. The van der Waals surface area contributed by atoms with Crippen LogP contribution in [-0.4, -0.2) is 12.0 Å². The van der Waals surface area contributed by atoms with Crippen molar-refractivity contribution in [3.05, 3.63) is 45.5 Å². The van der Waals surface area contributed by atoms with Crippen molar-refractivity contribution in [2.24, 2.45) is 0 Å². The minimum Gasteiger partial charge on any atom is -0.265 e. The highest BCUT2D eigenvalue weighted by molar-refractivity contribution is 6.30. The Labute approximate surface area is 69.8 Å². The monoisotopic (exact) mass is 173 g/mol. The first kappa shape index (κ1) is 9.91. The molecule has 1 aromatic carbocycles. The van der Waals surface area contributed by atoms with Gasteiger partial charge in [-0.2, -0.15) is 0 Å². The molecular weight excluding hydrogens is 166 g/mol. The highest BCUT2D eigenvalue weighted by Gasteiger charge is 1.74. The highest BCUT2D eigenvalue weighted by Crippen LogP contribution is 2.03. The van der Waals surface area contributed by atoms with Gasteiger partial charge in [-0.05, 0) is 12.1 Å². The summed E-state index contributed by atoms with van der Waals surface area (Å²) in [6.07, 6.45) is 0. The molecule has 0 aliphatic heterocycles. The second kappa shape index (κ2) is 5.68. The zero-order valence-corrected chi connectivity index (χ0v) is 6.78. The Hall–Kier alpha value is -1.09. The topological polar surface area (TPSA) is 43.1 Å². The van der Waals surface area contributed by atoms with E-state index in [2.05, 4.69) is 0 Å². The van der Waals surface area contributed by atoms with Gasteiger partial charge < -0.3 is 0 Å². The minimum absolute atomic E-state index is 0.500. The fourth-order valence-electron chi connectivity index (χ4n) is 0.415. The number of hydrogen-bond acceptors (Lipinski definition) is 2. The highest BCUT2D eigenvalue weighted by atomic mass is 35.5. The van der Waals surface area contributed by atoms with Crippen molar-refractivity contribution >= 4 is 11.6 Å². The van der Waals surface area contributed by atoms with Gasteiger partial charge in [0.1, 0.15) is 0 Å². The number of rotatable bonds is 0. The molecule has 0 fully saturated rings. The smallest absolute Gasteiger partial charge is 0.194 e. The van der Waals surface area contributed by atoms with Crippen LogP contribution in [0.2, 0.25) is 5.02 Å². The summed E-state index contributed by atoms with van der Waals surface area (Å²) in [5.41, 5.74) is 0. The molecule has 3 nitrogen and oxygen atoms in total. The maximum Gasteiger partial charge on any atom is 0.194 e. The fraction of sp³-hybridized carbons (Fsp3) is 0.143. The first-order chi connectivity index (χ1) is 5.13. The van der Waals surface area contributed by atoms with Crippen LogP contribution in [0.4, 0.5) is 0 Å². The molecule has 0 atom stereocenters. The van der Waals surface area contributed by atoms with Crippen molar-refractivity contribution in [3.63, 3.8) is 0 Å². The first-order valence-corrected chi connectivity index (χ1v) is 3.29. The lowest BCUT2D eigenvalue weighted by Crippen LogP contribution is -1.79. The Morgan fingerprint density at radius 3 is 1.91 bits per heavy atom. The van der Waals surface area contributed by atoms with Crippen LogP contribution in [0.3, 0.4) is 0 Å². The predicted octanol–water partition coefficient (Wildman–Crippen LogP) is 2.23. The van der Waals surface area contributed by atoms with Crippen LogP contribution < -0.4 is 0 Å². The lowest BCUT2D eigenvalue weighted by molar-refractivity contribution is -0.445. The van der Waals surface area contributed by atoms with E-state index in [1.54, 1.807) is 0 Å². The third kappa shape index (κ3) is 8.91. The van der Waals surface area contributed by atoms with Crippen LogP contribution in [0.25, 0.3) is 0 Å². The lowest BCUT2D eigenvalue weighted by Gasteiger charge is -1.80. The van der Waals surface area contributed by atoms with Crippen molar-refractivity contribution in [2.45, 2.75) is 0 Å². The molecule has 0 unspecified atom stereocenters. The third-order valence-corrected chi connectivity index (χ3v) is 0.985. The zero-order chi connectivity index (χ0) is 8.69. The summed E-state index contributed by atoms with van der Waals surface area (Å²) in [5, 5.41) is 9.60. The zero-order valence-electron chi connectivity index (χ0n) is 6.03. The minimum atomic E-state index is -0.500. The standard InChI is InChI=1S/C6H5Cl.CH3NO2/c7-6-4-2-1-3-5-6;1-2(3)4/h1-5H;1H3. The molecule has 0 saturated heterocycles. The van der Waals surface area contributed by atoms with E-state index in [1.807, 2.05) is 30.3 Å². The first-order valence-electron chi connectivity index (χ1n) is 2.91. The van der Waals surface area contributed by atoms with E-state index >= 15 is 0 Å². The third-order valence-electron chi connectivity index (χ3n) is 0.733. The van der Waals surface area contributed by atoms with E-state index in [4.69, 9.17) is 21.7 Å². The van der Waals surface area contributed by atoms with Gasteiger partial charge in [-0.25, -0.2) is 0 Å². The van der Waals surface area contributed by atoms with Crippen LogP contribution in [0.1, 0.15) is 0 Å². The summed E-state index contributed by atoms with van der Waals surface area (Å²) in [6, 6.07) is 9.44. The van der Waals surface area contributed by atoms with Gasteiger partial charge in [-0.1, -0.05) is 29.8 Å². The predicted molar refractivity (Wildman–Crippen MR) is 44.4 cm³/mol. The molecule has 0 spiro atoms. The quantitative estimate of drug-likeness (QED) is 0.446. The van der Waals surface area contributed by atoms with Gasteiger partial charge in [0, 0.05) is 9.95 Å². The van der Waals surface area contributed by atoms with Crippen molar-refractivity contribution in [1.29, 1.82) is 0 Å². The average Bonchev–Trinajstić information content (AvgIpc) is 1.87. The fourth-order valence-corrected chi connectivity index (χ4v) is 0.560. The van der Waals surface area contributed by atoms with Gasteiger partial charge in [-0.3, -0.25) is 10.1 Å². The molecule has 0 saturated carbocycles. The van der Waals surface area contributed by atoms with Crippen molar-refractivity contribution in [1.82, 2.24) is 0 Å². The molecule has 0 N–H and O–H groups in total. The summed E-state index contributed by atoms with van der Waals surface area (Å²) >= 11 is 5.54. The molecular formula is C7H8ClNO2. The Morgan fingerprint density at radius 2 is 1.73 bits per heavy atom. The Bertz CT molecular complexity index is 209. The van der Waals surface area contributed by atoms with Crippen LogP contribution >= 0.6 is 11.6 Å². The summed E-state index contributed by atoms with van der Waals surface area (Å²) in [7, 11) is 0.889. The molecule has 11 heavy (non-hydrogen) atoms. The van der Waals surface area contributed by atoms with Crippen LogP contribution in [0.15, 0.2) is 30.3 Å². The van der Waals surface area contributed by atoms with Crippen molar-refractivity contribution in [2.75, 3.05) is 7.05 Å². The van der Waals surface area contributed by atoms with Crippen molar-refractivity contribution in [3.8, 4) is 0 Å². The maximum atomic E-state index is 8.81. The van der Waals surface area contributed by atoms with Gasteiger partial charge in [-0.15, -0.1) is 0 Å². The van der Waals surface area contributed by atoms with Gasteiger partial charge in [0.25, 0.3) is 0 Å². The molecule has 0 aromatic heterocycles. The van der Waals surface area contributed by atoms with Gasteiger partial charge >= 0.3 is 0 Å². The van der Waals surface area contributed by atoms with Gasteiger partial charge in [0.2, 0.25) is 0 Å². The molecule has 0 aliphatic carbocycles. The van der Waals surface area contributed by atoms with E-state index in [1.165, 1.54) is 0 Å². The van der Waals surface area contributed by atoms with E-state index in [0.717, 1.165) is 12.1 Å². The summed E-state index contributed by atoms with van der Waals surface area (Å²) in [6.45, 7) is 0. The van der Waals surface area contributed by atoms with Gasteiger partial charge in [0.05, 0.1) is 0 Å². The van der Waals surface area contributed by atoms with Crippen LogP contribution in [0.5, 0.6) is 0 Å². The van der Waals surface area contributed by atoms with Crippen LogP contribution in [-0.2, 0) is 0 Å². The van der Waals surface area contributed by atoms with Crippen molar-refractivity contribution < 1.29 is 4.92 Å². The van der Waals surface area contributed by atoms with E-state index in [0.29, 0.717) is 0 Å². The number of nitrogens with zero attached hydrogens (tertiary/aromatic N) is 1. The Kier molecular flexibility index (Phi) is 5.11. The largest absolute Gasteiger partial charge is 0.265 e. The molecule has 1 aromatic rings. The number of nitro groups is 1. The maximum absolute atomic E-state index is 8.81. The SMILES string of the molecule is C[N+](=O)[O-].Clc1ccccc1. The summed E-state index contributed by atoms with van der Waals surface area (Å²) < 4.78 is 0. The Morgan fingerprint density at radius 1 is 1.36 bits per heavy atom. The van der Waals surface area contributed by atoms with E-state index in [-0.39, 0.29) is 0 Å². The molecule has 0 heterocycles. The molecule has 0 aliphatic rings. The van der Waals surface area contributed by atoms with Crippen LogP contribution in [0, 0.1) is 10.1 Å². The second-order valence-electron chi connectivity index (χ2n) is 1.74. The number of benzene rings is 1. The lowest BCUT2D eigenvalue weighted by atomic mass is 10.4. The number of halogens is 1. The summed E-state index contributed by atoms with van der Waals surface area (Å²) in [5.74, 6) is 0. The molecule has 0 amide bonds. The van der Waals surface area contributed by atoms with E-state index < -0.39 is 4.92 Å². The molecule has 60 valence electrons. The molecule has 4 heteroatoms. The second-order valence-corrected chi connectivity index (χ2v) is 2.17. The summed E-state index contributed by atoms with van der Waals surface area (Å²) in [4.78, 5) is 8.31. The normalized spacial score (nSPS) is 7.82. The van der Waals surface area contributed by atoms with E-state index in [9.17, 15) is 0 Å². The molecule has 1 rings (SSSR count). The Balaban J connectivity index is 0.000000218. The molecule has 0 bridgehead atoms. The van der Waals surface area contributed by atoms with Gasteiger partial charge in [0.15, 0.2) is 7.05 Å².